The Morgan fingerprint density at radius 2 is 2.12 bits per heavy atom. The lowest BCUT2D eigenvalue weighted by molar-refractivity contribution is 0.0880. The molecule has 2 atom stereocenters. The molecular formula is C20H25FN3O6PS. The van der Waals surface area contributed by atoms with E-state index in [1.54, 1.807) is 12.1 Å². The van der Waals surface area contributed by atoms with Gasteiger partial charge in [0, 0.05) is 30.0 Å². The number of dihydropyridines is 1. The third kappa shape index (κ3) is 5.18. The number of thioether (sulfide) groups is 1. The van der Waals surface area contributed by atoms with Crippen LogP contribution in [0.1, 0.15) is 12.5 Å². The number of phosphoric ester groups is 1. The number of anilines is 1. The van der Waals surface area contributed by atoms with Gasteiger partial charge in [-0.25, -0.2) is 13.8 Å². The van der Waals surface area contributed by atoms with Crippen LogP contribution in [0.3, 0.4) is 0 Å². The Balaban J connectivity index is 1.44. The average molecular weight is 485 g/mol. The van der Waals surface area contributed by atoms with Crippen molar-refractivity contribution in [3.63, 3.8) is 0 Å². The number of nitrogens with zero attached hydrogens (tertiary/aromatic N) is 3. The van der Waals surface area contributed by atoms with Crippen LogP contribution in [0.5, 0.6) is 0 Å². The number of rotatable bonds is 5. The van der Waals surface area contributed by atoms with Gasteiger partial charge in [0.1, 0.15) is 17.8 Å². The number of amidine groups is 1. The van der Waals surface area contributed by atoms with Gasteiger partial charge in [-0.05, 0) is 23.8 Å². The zero-order valence-electron chi connectivity index (χ0n) is 17.5. The van der Waals surface area contributed by atoms with Gasteiger partial charge in [0.15, 0.2) is 0 Å². The Hall–Kier alpha value is -1.91. The molecule has 1 amide bonds. The molecule has 3 heterocycles. The van der Waals surface area contributed by atoms with Gasteiger partial charge in [-0.3, -0.25) is 14.4 Å². The molecule has 0 aromatic heterocycles. The van der Waals surface area contributed by atoms with Crippen LogP contribution in [-0.2, 0) is 19.2 Å². The van der Waals surface area contributed by atoms with E-state index in [1.165, 1.54) is 11.0 Å². The van der Waals surface area contributed by atoms with Crippen molar-refractivity contribution < 1.29 is 32.8 Å². The molecule has 0 aliphatic carbocycles. The van der Waals surface area contributed by atoms with Crippen LogP contribution in [-0.4, -0.2) is 77.0 Å². The molecule has 174 valence electrons. The van der Waals surface area contributed by atoms with Crippen molar-refractivity contribution in [1.82, 2.24) is 4.90 Å². The van der Waals surface area contributed by atoms with Gasteiger partial charge in [0.2, 0.25) is 0 Å². The molecule has 0 radical (unpaired) electrons. The van der Waals surface area contributed by atoms with Gasteiger partial charge in [0.25, 0.3) is 0 Å². The summed E-state index contributed by atoms with van der Waals surface area (Å²) >= 11 is 1.93. The van der Waals surface area contributed by atoms with Crippen molar-refractivity contribution in [3.8, 4) is 0 Å². The number of aliphatic imine (C=N–C) groups is 1. The molecule has 3 aliphatic heterocycles. The number of ether oxygens (including phenoxy) is 1. The highest BCUT2D eigenvalue weighted by Gasteiger charge is 2.36. The topological polar surface area (TPSA) is 112 Å². The maximum atomic E-state index is 15.1. The lowest BCUT2D eigenvalue weighted by atomic mass is 9.80. The van der Waals surface area contributed by atoms with E-state index in [0.717, 1.165) is 30.4 Å². The summed E-state index contributed by atoms with van der Waals surface area (Å²) in [6.07, 6.45) is 2.34. The number of carbonyl (C=O) groups excluding carboxylic acids is 1. The first-order valence-corrected chi connectivity index (χ1v) is 12.9. The third-order valence-corrected chi connectivity index (χ3v) is 7.12. The lowest BCUT2D eigenvalue weighted by Crippen LogP contribution is -2.40. The summed E-state index contributed by atoms with van der Waals surface area (Å²) in [4.78, 5) is 37.9. The monoisotopic (exact) mass is 485 g/mol. The molecule has 2 fully saturated rings. The van der Waals surface area contributed by atoms with Crippen molar-refractivity contribution in [2.45, 2.75) is 18.4 Å². The largest absolute Gasteiger partial charge is 0.469 e. The maximum Gasteiger partial charge on any atom is 0.469 e. The summed E-state index contributed by atoms with van der Waals surface area (Å²) in [7, 11) is -4.67. The normalized spacial score (nSPS) is 26.3. The Kier molecular flexibility index (Phi) is 6.65. The first kappa shape index (κ1) is 23.3. The number of benzene rings is 1. The standard InChI is InChI=1S/C20H25FN3O6PS/c1-20(5-4-18(22-13-20)23-6-8-32-9-7-23)16-3-2-14(10-17(16)21)24-11-15(30-19(24)25)12-29-31(26,27)28/h2-5,10,15H,6-9,11-13H2,1H3,(H2,26,27,28)/t15-,20?/m1/s1. The van der Waals surface area contributed by atoms with E-state index in [0.29, 0.717) is 17.8 Å². The van der Waals surface area contributed by atoms with Gasteiger partial charge in [-0.2, -0.15) is 11.8 Å². The van der Waals surface area contributed by atoms with E-state index in [4.69, 9.17) is 19.5 Å². The molecule has 9 nitrogen and oxygen atoms in total. The van der Waals surface area contributed by atoms with E-state index >= 15 is 4.39 Å². The number of amides is 1. The third-order valence-electron chi connectivity index (χ3n) is 5.69. The highest BCUT2D eigenvalue weighted by atomic mass is 32.2. The number of hydrogen-bond acceptors (Lipinski definition) is 7. The fourth-order valence-electron chi connectivity index (χ4n) is 3.92. The van der Waals surface area contributed by atoms with E-state index in [-0.39, 0.29) is 6.54 Å². The fraction of sp³-hybridized carbons (Fsp3) is 0.500. The van der Waals surface area contributed by atoms with E-state index in [2.05, 4.69) is 9.42 Å². The van der Waals surface area contributed by atoms with E-state index in [9.17, 15) is 9.36 Å². The molecule has 1 aromatic carbocycles. The van der Waals surface area contributed by atoms with E-state index < -0.39 is 37.9 Å². The predicted molar refractivity (Wildman–Crippen MR) is 120 cm³/mol. The van der Waals surface area contributed by atoms with Gasteiger partial charge < -0.3 is 19.4 Å². The number of carbonyl (C=O) groups is 1. The van der Waals surface area contributed by atoms with E-state index in [1.807, 2.05) is 30.8 Å². The zero-order valence-corrected chi connectivity index (χ0v) is 19.2. The molecule has 0 bridgehead atoms. The molecule has 4 rings (SSSR count). The van der Waals surface area contributed by atoms with Crippen LogP contribution in [0.25, 0.3) is 0 Å². The maximum absolute atomic E-state index is 15.1. The minimum Gasteiger partial charge on any atom is -0.441 e. The summed E-state index contributed by atoms with van der Waals surface area (Å²) in [6.45, 7) is 3.81. The van der Waals surface area contributed by atoms with Gasteiger partial charge in [-0.15, -0.1) is 0 Å². The quantitative estimate of drug-likeness (QED) is 0.612. The minimum absolute atomic E-state index is 0.00341. The highest BCUT2D eigenvalue weighted by Crippen LogP contribution is 2.37. The fourth-order valence-corrected chi connectivity index (χ4v) is 5.18. The smallest absolute Gasteiger partial charge is 0.441 e. The first-order chi connectivity index (χ1) is 15.1. The predicted octanol–water partition coefficient (Wildman–Crippen LogP) is 2.54. The van der Waals surface area contributed by atoms with Crippen molar-refractivity contribution in [2.75, 3.05) is 49.2 Å². The average Bonchev–Trinajstić information content (AvgIpc) is 3.13. The van der Waals surface area contributed by atoms with Crippen LogP contribution in [0.2, 0.25) is 0 Å². The Morgan fingerprint density at radius 3 is 2.75 bits per heavy atom. The number of hydrogen-bond donors (Lipinski definition) is 2. The van der Waals surface area contributed by atoms with Crippen LogP contribution in [0.4, 0.5) is 14.9 Å². The summed E-state index contributed by atoms with van der Waals surface area (Å²) in [5.74, 6) is 2.62. The SMILES string of the molecule is CC1(c2ccc(N3C[C@H](COP(=O)(O)O)OC3=O)cc2F)C=CC(N2CCSCC2)=NC1. The first-order valence-electron chi connectivity index (χ1n) is 10.2. The zero-order chi connectivity index (χ0) is 22.9. The van der Waals surface area contributed by atoms with Gasteiger partial charge in [-0.1, -0.05) is 19.1 Å². The van der Waals surface area contributed by atoms with Crippen LogP contribution in [0, 0.1) is 5.82 Å². The van der Waals surface area contributed by atoms with Crippen molar-refractivity contribution in [1.29, 1.82) is 0 Å². The molecule has 32 heavy (non-hydrogen) atoms. The Bertz CT molecular complexity index is 996. The molecule has 1 aromatic rings. The molecule has 12 heteroatoms. The molecular weight excluding hydrogens is 460 g/mol. The Morgan fingerprint density at radius 1 is 1.38 bits per heavy atom. The number of phosphoric acid groups is 1. The number of halogens is 1. The highest BCUT2D eigenvalue weighted by molar-refractivity contribution is 7.99. The van der Waals surface area contributed by atoms with Gasteiger partial charge in [0.05, 0.1) is 25.4 Å². The molecule has 0 saturated carbocycles. The van der Waals surface area contributed by atoms with Gasteiger partial charge >= 0.3 is 13.9 Å². The van der Waals surface area contributed by atoms with Crippen LogP contribution < -0.4 is 4.90 Å². The summed E-state index contributed by atoms with van der Waals surface area (Å²) in [6, 6.07) is 4.54. The van der Waals surface area contributed by atoms with Crippen molar-refractivity contribution >= 4 is 37.2 Å². The van der Waals surface area contributed by atoms with Crippen LogP contribution in [0.15, 0.2) is 35.3 Å². The van der Waals surface area contributed by atoms with Crippen LogP contribution >= 0.6 is 19.6 Å². The summed E-state index contributed by atoms with van der Waals surface area (Å²) < 4.78 is 35.4. The summed E-state index contributed by atoms with van der Waals surface area (Å²) in [5, 5.41) is 0. The number of cyclic esters (lactones) is 1. The minimum atomic E-state index is -4.67. The second-order valence-electron chi connectivity index (χ2n) is 8.09. The second kappa shape index (κ2) is 9.15. The molecule has 2 N–H and O–H groups in total. The molecule has 1 unspecified atom stereocenters. The molecule has 2 saturated heterocycles. The molecule has 3 aliphatic rings. The lowest BCUT2D eigenvalue weighted by Gasteiger charge is -2.34. The Labute approximate surface area is 189 Å². The second-order valence-corrected chi connectivity index (χ2v) is 10.6. The molecule has 0 spiro atoms. The van der Waals surface area contributed by atoms with Crippen molar-refractivity contribution in [3.05, 3.63) is 41.7 Å². The van der Waals surface area contributed by atoms with Crippen molar-refractivity contribution in [2.24, 2.45) is 4.99 Å². The summed E-state index contributed by atoms with van der Waals surface area (Å²) in [5.41, 5.74) is 0.166.